The number of alkyl carbamates (subject to hydrolysis) is 1. The fourth-order valence-electron chi connectivity index (χ4n) is 2.48. The van der Waals surface area contributed by atoms with E-state index in [4.69, 9.17) is 9.47 Å². The number of hydrogen-bond acceptors (Lipinski definition) is 6. The van der Waals surface area contributed by atoms with E-state index in [1.807, 2.05) is 30.3 Å². The molecule has 0 radical (unpaired) electrons. The Kier molecular flexibility index (Phi) is 9.05. The Morgan fingerprint density at radius 3 is 2.29 bits per heavy atom. The first-order valence-corrected chi connectivity index (χ1v) is 10.6. The molecular formula is C23H26FNO5S. The Labute approximate surface area is 185 Å². The number of carbonyl (C=O) groups is 3. The molecule has 0 heterocycles. The van der Waals surface area contributed by atoms with Crippen LogP contribution in [0.25, 0.3) is 0 Å². The SMILES string of the molecule is CC(C)(C)OC(=O)NC(CCC(=O)Sc1ccc(F)cc1)C(=O)OCc1ccccc1. The third-order valence-corrected chi connectivity index (χ3v) is 4.82. The molecule has 2 aromatic rings. The number of halogens is 1. The molecule has 0 aliphatic carbocycles. The first kappa shape index (κ1) is 24.4. The van der Waals surface area contributed by atoms with Crippen LogP contribution in [0.15, 0.2) is 59.5 Å². The number of ether oxygens (including phenoxy) is 2. The van der Waals surface area contributed by atoms with Gasteiger partial charge in [0.2, 0.25) is 0 Å². The highest BCUT2D eigenvalue weighted by molar-refractivity contribution is 8.13. The highest BCUT2D eigenvalue weighted by Gasteiger charge is 2.26. The molecule has 31 heavy (non-hydrogen) atoms. The predicted molar refractivity (Wildman–Crippen MR) is 116 cm³/mol. The average molecular weight is 448 g/mol. The zero-order valence-electron chi connectivity index (χ0n) is 17.7. The second-order valence-corrected chi connectivity index (χ2v) is 8.89. The fourth-order valence-corrected chi connectivity index (χ4v) is 3.23. The molecule has 0 bridgehead atoms. The monoisotopic (exact) mass is 447 g/mol. The molecule has 0 aromatic heterocycles. The third kappa shape index (κ3) is 9.65. The Morgan fingerprint density at radius 2 is 1.68 bits per heavy atom. The van der Waals surface area contributed by atoms with Crippen LogP contribution >= 0.6 is 11.8 Å². The Balaban J connectivity index is 1.96. The summed E-state index contributed by atoms with van der Waals surface area (Å²) in [5.74, 6) is -1.05. The molecule has 1 unspecified atom stereocenters. The van der Waals surface area contributed by atoms with Crippen LogP contribution in [0, 0.1) is 5.82 Å². The second-order valence-electron chi connectivity index (χ2n) is 7.76. The number of amides is 1. The van der Waals surface area contributed by atoms with Gasteiger partial charge in [0, 0.05) is 11.3 Å². The molecule has 2 rings (SSSR count). The summed E-state index contributed by atoms with van der Waals surface area (Å²) in [6.45, 7) is 5.17. The van der Waals surface area contributed by atoms with E-state index in [0.29, 0.717) is 4.90 Å². The van der Waals surface area contributed by atoms with Crippen LogP contribution in [0.4, 0.5) is 9.18 Å². The van der Waals surface area contributed by atoms with Crippen LogP contribution in [0.1, 0.15) is 39.2 Å². The molecule has 166 valence electrons. The quantitative estimate of drug-likeness (QED) is 0.460. The minimum absolute atomic E-state index is 0.00292. The Morgan fingerprint density at radius 1 is 1.03 bits per heavy atom. The Bertz CT molecular complexity index is 881. The van der Waals surface area contributed by atoms with Gasteiger partial charge in [-0.1, -0.05) is 42.1 Å². The Hall–Kier alpha value is -2.87. The fraction of sp³-hybridized carbons (Fsp3) is 0.348. The van der Waals surface area contributed by atoms with Gasteiger partial charge < -0.3 is 14.8 Å². The molecule has 0 fully saturated rings. The molecule has 1 atom stereocenters. The van der Waals surface area contributed by atoms with Crippen LogP contribution in [0.3, 0.4) is 0 Å². The first-order valence-electron chi connectivity index (χ1n) is 9.79. The van der Waals surface area contributed by atoms with Gasteiger partial charge in [0.25, 0.3) is 0 Å². The van der Waals surface area contributed by atoms with E-state index in [1.165, 1.54) is 24.3 Å². The number of benzene rings is 2. The molecule has 0 saturated carbocycles. The van der Waals surface area contributed by atoms with Crippen molar-refractivity contribution in [3.8, 4) is 0 Å². The minimum Gasteiger partial charge on any atom is -0.459 e. The van der Waals surface area contributed by atoms with Crippen molar-refractivity contribution in [3.63, 3.8) is 0 Å². The number of hydrogen-bond donors (Lipinski definition) is 1. The topological polar surface area (TPSA) is 81.7 Å². The summed E-state index contributed by atoms with van der Waals surface area (Å²) < 4.78 is 23.5. The van der Waals surface area contributed by atoms with Gasteiger partial charge in [-0.2, -0.15) is 0 Å². The van der Waals surface area contributed by atoms with Crippen LogP contribution in [0.5, 0.6) is 0 Å². The summed E-state index contributed by atoms with van der Waals surface area (Å²) in [5.41, 5.74) is 0.0615. The van der Waals surface area contributed by atoms with Gasteiger partial charge in [-0.3, -0.25) is 4.79 Å². The van der Waals surface area contributed by atoms with Crippen molar-refractivity contribution in [2.45, 2.75) is 56.8 Å². The number of esters is 1. The van der Waals surface area contributed by atoms with Gasteiger partial charge in [0.1, 0.15) is 24.1 Å². The molecule has 0 aliphatic heterocycles. The second kappa shape index (κ2) is 11.5. The van der Waals surface area contributed by atoms with Crippen LogP contribution < -0.4 is 5.32 Å². The van der Waals surface area contributed by atoms with Crippen molar-refractivity contribution < 1.29 is 28.2 Å². The summed E-state index contributed by atoms with van der Waals surface area (Å²) in [4.78, 5) is 37.6. The lowest BCUT2D eigenvalue weighted by atomic mass is 10.1. The maximum Gasteiger partial charge on any atom is 0.408 e. The number of thioether (sulfide) groups is 1. The van der Waals surface area contributed by atoms with Gasteiger partial charge in [0.15, 0.2) is 5.12 Å². The largest absolute Gasteiger partial charge is 0.459 e. The zero-order valence-corrected chi connectivity index (χ0v) is 18.5. The van der Waals surface area contributed by atoms with Crippen molar-refractivity contribution in [2.24, 2.45) is 0 Å². The maximum absolute atomic E-state index is 13.0. The van der Waals surface area contributed by atoms with E-state index < -0.39 is 23.7 Å². The zero-order chi connectivity index (χ0) is 22.9. The molecule has 0 spiro atoms. The van der Waals surface area contributed by atoms with Gasteiger partial charge >= 0.3 is 12.1 Å². The number of rotatable bonds is 8. The first-order chi connectivity index (χ1) is 14.6. The highest BCUT2D eigenvalue weighted by atomic mass is 32.2. The van der Waals surface area contributed by atoms with E-state index in [1.54, 1.807) is 20.8 Å². The predicted octanol–water partition coefficient (Wildman–Crippen LogP) is 4.86. The standard InChI is InChI=1S/C23H26FNO5S/c1-23(2,3)30-22(28)25-19(21(27)29-15-16-7-5-4-6-8-16)13-14-20(26)31-18-11-9-17(24)10-12-18/h4-12,19H,13-15H2,1-3H3,(H,25,28). The molecule has 8 heteroatoms. The highest BCUT2D eigenvalue weighted by Crippen LogP contribution is 2.22. The lowest BCUT2D eigenvalue weighted by Gasteiger charge is -2.23. The van der Waals surface area contributed by atoms with Gasteiger partial charge in [0.05, 0.1) is 0 Å². The molecule has 6 nitrogen and oxygen atoms in total. The maximum atomic E-state index is 13.0. The lowest BCUT2D eigenvalue weighted by Crippen LogP contribution is -2.44. The molecule has 2 aromatic carbocycles. The van der Waals surface area contributed by atoms with E-state index in [0.717, 1.165) is 17.3 Å². The molecule has 1 N–H and O–H groups in total. The summed E-state index contributed by atoms with van der Waals surface area (Å²) >= 11 is 0.943. The number of nitrogens with one attached hydrogen (secondary N) is 1. The summed E-state index contributed by atoms with van der Waals surface area (Å²) in [6.07, 6.45) is -0.726. The average Bonchev–Trinajstić information content (AvgIpc) is 2.70. The van der Waals surface area contributed by atoms with E-state index in [2.05, 4.69) is 5.32 Å². The number of carbonyl (C=O) groups excluding carboxylic acids is 3. The van der Waals surface area contributed by atoms with E-state index in [-0.39, 0.29) is 30.4 Å². The van der Waals surface area contributed by atoms with Crippen molar-refractivity contribution in [1.82, 2.24) is 5.32 Å². The van der Waals surface area contributed by atoms with Gasteiger partial charge in [-0.15, -0.1) is 0 Å². The van der Waals surface area contributed by atoms with E-state index >= 15 is 0 Å². The van der Waals surface area contributed by atoms with Crippen molar-refractivity contribution >= 4 is 28.9 Å². The van der Waals surface area contributed by atoms with E-state index in [9.17, 15) is 18.8 Å². The molecular weight excluding hydrogens is 421 g/mol. The third-order valence-electron chi connectivity index (χ3n) is 3.88. The van der Waals surface area contributed by atoms with Crippen LogP contribution in [-0.4, -0.2) is 28.8 Å². The molecule has 0 aliphatic rings. The van der Waals surface area contributed by atoms with Crippen molar-refractivity contribution in [3.05, 3.63) is 66.0 Å². The normalized spacial score (nSPS) is 12.0. The van der Waals surface area contributed by atoms with Crippen molar-refractivity contribution in [1.29, 1.82) is 0 Å². The molecule has 1 amide bonds. The summed E-state index contributed by atoms with van der Waals surface area (Å²) in [5, 5.41) is 2.27. The van der Waals surface area contributed by atoms with Crippen molar-refractivity contribution in [2.75, 3.05) is 0 Å². The molecule has 0 saturated heterocycles. The van der Waals surface area contributed by atoms with Gasteiger partial charge in [-0.05, 0) is 57.0 Å². The minimum atomic E-state index is -1.05. The summed E-state index contributed by atoms with van der Waals surface area (Å²) in [6, 6.07) is 13.6. The van der Waals surface area contributed by atoms with Crippen LogP contribution in [0.2, 0.25) is 0 Å². The lowest BCUT2D eigenvalue weighted by molar-refractivity contribution is -0.147. The van der Waals surface area contributed by atoms with Crippen LogP contribution in [-0.2, 0) is 25.7 Å². The smallest absolute Gasteiger partial charge is 0.408 e. The summed E-state index contributed by atoms with van der Waals surface area (Å²) in [7, 11) is 0. The van der Waals surface area contributed by atoms with Gasteiger partial charge in [-0.25, -0.2) is 14.0 Å².